The Hall–Kier alpha value is -3.95. The first-order valence-corrected chi connectivity index (χ1v) is 11.1. The molecule has 0 saturated heterocycles. The summed E-state index contributed by atoms with van der Waals surface area (Å²) in [7, 11) is 0. The predicted molar refractivity (Wildman–Crippen MR) is 134 cm³/mol. The number of pyridine rings is 1. The number of nitrogens with zero attached hydrogens (tertiary/aromatic N) is 3. The molecule has 178 valence electrons. The van der Waals surface area contributed by atoms with Gasteiger partial charge in [0.1, 0.15) is 27.4 Å². The van der Waals surface area contributed by atoms with Gasteiger partial charge in [0.25, 0.3) is 5.56 Å². The van der Waals surface area contributed by atoms with Gasteiger partial charge in [0, 0.05) is 29.9 Å². The second-order valence-corrected chi connectivity index (χ2v) is 8.08. The Balaban J connectivity index is 1.68. The van der Waals surface area contributed by atoms with Crippen LogP contribution in [0, 0.1) is 5.82 Å². The van der Waals surface area contributed by atoms with E-state index in [0.717, 1.165) is 6.07 Å². The van der Waals surface area contributed by atoms with Gasteiger partial charge >= 0.3 is 6.03 Å². The van der Waals surface area contributed by atoms with Gasteiger partial charge in [-0.1, -0.05) is 41.4 Å². The lowest BCUT2D eigenvalue weighted by Gasteiger charge is -2.13. The van der Waals surface area contributed by atoms with E-state index in [-0.39, 0.29) is 33.8 Å². The largest absolute Gasteiger partial charge is 0.507 e. The van der Waals surface area contributed by atoms with Crippen molar-refractivity contribution in [3.8, 4) is 28.1 Å². The van der Waals surface area contributed by atoms with Crippen LogP contribution in [0.15, 0.2) is 65.6 Å². The molecule has 0 aliphatic carbocycles. The number of benzene rings is 2. The number of phenols is 1. The van der Waals surface area contributed by atoms with Crippen molar-refractivity contribution in [2.45, 2.75) is 13.5 Å². The average molecular weight is 514 g/mol. The number of hydrogen-bond acceptors (Lipinski definition) is 5. The summed E-state index contributed by atoms with van der Waals surface area (Å²) < 4.78 is 14.6. The topological polar surface area (TPSA) is 109 Å². The minimum Gasteiger partial charge on any atom is -0.507 e. The molecular formula is C24H18Cl2FN5O3. The molecule has 0 unspecified atom stereocenters. The highest BCUT2D eigenvalue weighted by molar-refractivity contribution is 6.43. The SMILES string of the molecule is CCn1nc(-c2cccc(-c3ccc(F)cc3O)c2)cc(NC(=O)Nc2ccnc(Cl)c2Cl)c1=O. The van der Waals surface area contributed by atoms with Crippen molar-refractivity contribution in [2.75, 3.05) is 10.6 Å². The maximum atomic E-state index is 13.4. The summed E-state index contributed by atoms with van der Waals surface area (Å²) in [6.45, 7) is 2.00. The highest BCUT2D eigenvalue weighted by Crippen LogP contribution is 2.32. The summed E-state index contributed by atoms with van der Waals surface area (Å²) in [5.41, 5.74) is 1.77. The van der Waals surface area contributed by atoms with Gasteiger partial charge in [0.2, 0.25) is 0 Å². The molecule has 3 N–H and O–H groups in total. The van der Waals surface area contributed by atoms with Gasteiger partial charge in [-0.25, -0.2) is 18.9 Å². The molecule has 0 bridgehead atoms. The third kappa shape index (κ3) is 5.26. The number of urea groups is 1. The molecule has 0 aliphatic heterocycles. The smallest absolute Gasteiger partial charge is 0.323 e. The number of hydrogen-bond donors (Lipinski definition) is 3. The van der Waals surface area contributed by atoms with Crippen molar-refractivity contribution >= 4 is 40.6 Å². The Morgan fingerprint density at radius 1 is 1.06 bits per heavy atom. The molecule has 2 amide bonds. The van der Waals surface area contributed by atoms with Crippen molar-refractivity contribution in [1.82, 2.24) is 14.8 Å². The summed E-state index contributed by atoms with van der Waals surface area (Å²) in [6, 6.07) is 12.9. The maximum absolute atomic E-state index is 13.4. The number of carbonyl (C=O) groups is 1. The van der Waals surface area contributed by atoms with Crippen LogP contribution in [0.1, 0.15) is 6.92 Å². The Kier molecular flexibility index (Phi) is 6.99. The number of aromatic nitrogens is 3. The van der Waals surface area contributed by atoms with E-state index in [4.69, 9.17) is 23.2 Å². The Labute approximate surface area is 209 Å². The van der Waals surface area contributed by atoms with E-state index >= 15 is 0 Å². The van der Waals surface area contributed by atoms with Gasteiger partial charge in [-0.05, 0) is 42.8 Å². The molecule has 0 atom stereocenters. The molecule has 35 heavy (non-hydrogen) atoms. The van der Waals surface area contributed by atoms with Gasteiger partial charge in [-0.15, -0.1) is 0 Å². The van der Waals surface area contributed by atoms with Crippen LogP contribution in [-0.2, 0) is 6.54 Å². The zero-order valence-corrected chi connectivity index (χ0v) is 19.7. The number of halogens is 3. The molecule has 0 radical (unpaired) electrons. The van der Waals surface area contributed by atoms with Crippen molar-refractivity contribution in [3.63, 3.8) is 0 Å². The summed E-state index contributed by atoms with van der Waals surface area (Å²) in [5, 5.41) is 19.7. The third-order valence-corrected chi connectivity index (χ3v) is 5.81. The number of aryl methyl sites for hydroxylation is 1. The lowest BCUT2D eigenvalue weighted by Crippen LogP contribution is -2.29. The predicted octanol–water partition coefficient (Wildman–Crippen LogP) is 5.79. The molecule has 2 aromatic carbocycles. The molecular weight excluding hydrogens is 496 g/mol. The molecule has 11 heteroatoms. The van der Waals surface area contributed by atoms with Crippen LogP contribution in [0.5, 0.6) is 5.75 Å². The fraction of sp³-hybridized carbons (Fsp3) is 0.0833. The molecule has 2 aromatic heterocycles. The van der Waals surface area contributed by atoms with E-state index in [2.05, 4.69) is 20.7 Å². The molecule has 0 fully saturated rings. The van der Waals surface area contributed by atoms with Crippen molar-refractivity contribution in [2.24, 2.45) is 0 Å². The first kappa shape index (κ1) is 24.2. The number of anilines is 2. The quantitative estimate of drug-likeness (QED) is 0.292. The molecule has 0 spiro atoms. The lowest BCUT2D eigenvalue weighted by atomic mass is 10.0. The van der Waals surface area contributed by atoms with E-state index in [9.17, 15) is 19.1 Å². The zero-order chi connectivity index (χ0) is 25.1. The minimum atomic E-state index is -0.712. The number of carbonyl (C=O) groups excluding carboxylic acids is 1. The van der Waals surface area contributed by atoms with Gasteiger partial charge in [-0.3, -0.25) is 4.79 Å². The molecule has 8 nitrogen and oxygen atoms in total. The first-order valence-electron chi connectivity index (χ1n) is 10.4. The normalized spacial score (nSPS) is 10.7. The number of phenolic OH excluding ortho intramolecular Hbond substituents is 1. The van der Waals surface area contributed by atoms with E-state index in [1.807, 2.05) is 0 Å². The van der Waals surface area contributed by atoms with E-state index < -0.39 is 17.4 Å². The summed E-state index contributed by atoms with van der Waals surface area (Å²) in [6.07, 6.45) is 1.38. The average Bonchev–Trinajstić information content (AvgIpc) is 2.83. The van der Waals surface area contributed by atoms with Crippen molar-refractivity contribution in [3.05, 3.63) is 87.1 Å². The lowest BCUT2D eigenvalue weighted by molar-refractivity contribution is 0.262. The van der Waals surface area contributed by atoms with Crippen molar-refractivity contribution < 1.29 is 14.3 Å². The van der Waals surface area contributed by atoms with Gasteiger partial charge < -0.3 is 15.7 Å². The van der Waals surface area contributed by atoms with Gasteiger partial charge in [-0.2, -0.15) is 5.10 Å². The first-order chi connectivity index (χ1) is 16.8. The van der Waals surface area contributed by atoms with Crippen LogP contribution in [0.3, 0.4) is 0 Å². The second-order valence-electron chi connectivity index (χ2n) is 7.35. The molecule has 0 saturated carbocycles. The number of amides is 2. The maximum Gasteiger partial charge on any atom is 0.323 e. The van der Waals surface area contributed by atoms with Crippen LogP contribution < -0.4 is 16.2 Å². The van der Waals surface area contributed by atoms with Crippen LogP contribution in [0.4, 0.5) is 20.6 Å². The molecule has 4 rings (SSSR count). The van der Waals surface area contributed by atoms with Crippen molar-refractivity contribution in [1.29, 1.82) is 0 Å². The van der Waals surface area contributed by atoms with E-state index in [1.54, 1.807) is 31.2 Å². The Morgan fingerprint density at radius 2 is 1.80 bits per heavy atom. The Morgan fingerprint density at radius 3 is 2.54 bits per heavy atom. The fourth-order valence-corrected chi connectivity index (χ4v) is 3.69. The number of nitrogens with one attached hydrogen (secondary N) is 2. The molecule has 0 aliphatic rings. The van der Waals surface area contributed by atoms with Crippen LogP contribution in [-0.4, -0.2) is 25.9 Å². The fourth-order valence-electron chi connectivity index (χ4n) is 3.37. The van der Waals surface area contributed by atoms with Crippen LogP contribution in [0.2, 0.25) is 10.2 Å². The summed E-state index contributed by atoms with van der Waals surface area (Å²) in [5.74, 6) is -0.758. The molecule has 4 aromatic rings. The molecule has 2 heterocycles. The number of rotatable bonds is 5. The van der Waals surface area contributed by atoms with Crippen LogP contribution >= 0.6 is 23.2 Å². The monoisotopic (exact) mass is 513 g/mol. The summed E-state index contributed by atoms with van der Waals surface area (Å²) >= 11 is 11.9. The summed E-state index contributed by atoms with van der Waals surface area (Å²) in [4.78, 5) is 29.2. The van der Waals surface area contributed by atoms with E-state index in [0.29, 0.717) is 22.4 Å². The zero-order valence-electron chi connectivity index (χ0n) is 18.2. The van der Waals surface area contributed by atoms with E-state index in [1.165, 1.54) is 35.1 Å². The van der Waals surface area contributed by atoms with Gasteiger partial charge in [0.05, 0.1) is 11.4 Å². The second kappa shape index (κ2) is 10.1. The highest BCUT2D eigenvalue weighted by Gasteiger charge is 2.15. The highest BCUT2D eigenvalue weighted by atomic mass is 35.5. The number of aromatic hydroxyl groups is 1. The minimum absolute atomic E-state index is 0.0133. The third-order valence-electron chi connectivity index (χ3n) is 5.05. The standard InChI is InChI=1S/C24H18Cl2FN5O3/c1-2-32-23(34)19(30-24(35)29-17-8-9-28-22(26)21(17)25)12-18(31-32)14-5-3-4-13(10-14)16-7-6-15(27)11-20(16)33/h3-12,33H,2H2,1H3,(H2,28,29,30,35). The Bertz CT molecular complexity index is 1490. The van der Waals surface area contributed by atoms with Gasteiger partial charge in [0.15, 0.2) is 0 Å². The van der Waals surface area contributed by atoms with Crippen LogP contribution in [0.25, 0.3) is 22.4 Å².